The van der Waals surface area contributed by atoms with E-state index in [1.165, 1.54) is 12.8 Å². The SMILES string of the molecule is O=C(CC(c1ccccc1)c1ccccc1)Nc1ccc(NC2CC2)nn1. The van der Waals surface area contributed by atoms with Crippen LogP contribution in [0.15, 0.2) is 72.8 Å². The zero-order chi connectivity index (χ0) is 18.5. The second-order valence-corrected chi connectivity index (χ2v) is 6.85. The molecule has 1 aliphatic carbocycles. The lowest BCUT2D eigenvalue weighted by Gasteiger charge is -2.17. The first-order valence-corrected chi connectivity index (χ1v) is 9.28. The van der Waals surface area contributed by atoms with Crippen LogP contribution in [0, 0.1) is 0 Å². The van der Waals surface area contributed by atoms with E-state index in [2.05, 4.69) is 45.1 Å². The lowest BCUT2D eigenvalue weighted by molar-refractivity contribution is -0.116. The summed E-state index contributed by atoms with van der Waals surface area (Å²) < 4.78 is 0. The van der Waals surface area contributed by atoms with E-state index in [0.717, 1.165) is 16.9 Å². The van der Waals surface area contributed by atoms with Crippen LogP contribution in [-0.2, 0) is 4.79 Å². The van der Waals surface area contributed by atoms with Crippen molar-refractivity contribution in [2.24, 2.45) is 0 Å². The van der Waals surface area contributed by atoms with Gasteiger partial charge in [-0.15, -0.1) is 10.2 Å². The average molecular weight is 358 g/mol. The van der Waals surface area contributed by atoms with Crippen molar-refractivity contribution in [3.63, 3.8) is 0 Å². The molecule has 136 valence electrons. The predicted molar refractivity (Wildman–Crippen MR) is 107 cm³/mol. The maximum Gasteiger partial charge on any atom is 0.226 e. The Kier molecular flexibility index (Phi) is 5.10. The van der Waals surface area contributed by atoms with Crippen LogP contribution in [0.25, 0.3) is 0 Å². The molecular formula is C22H22N4O. The highest BCUT2D eigenvalue weighted by atomic mass is 16.1. The minimum absolute atomic E-state index is 0.00355. The van der Waals surface area contributed by atoms with Crippen LogP contribution in [0.4, 0.5) is 11.6 Å². The Balaban J connectivity index is 1.45. The Morgan fingerprint density at radius 2 is 1.41 bits per heavy atom. The third-order valence-electron chi connectivity index (χ3n) is 4.65. The number of nitrogens with zero attached hydrogens (tertiary/aromatic N) is 2. The number of amides is 1. The minimum atomic E-state index is -0.0788. The second-order valence-electron chi connectivity index (χ2n) is 6.85. The first-order valence-electron chi connectivity index (χ1n) is 9.28. The predicted octanol–water partition coefficient (Wildman–Crippen LogP) is 4.21. The highest BCUT2D eigenvalue weighted by Gasteiger charge is 2.21. The molecule has 1 aliphatic rings. The number of benzene rings is 2. The van der Waals surface area contributed by atoms with Crippen LogP contribution in [0.3, 0.4) is 0 Å². The van der Waals surface area contributed by atoms with Gasteiger partial charge in [0, 0.05) is 18.4 Å². The van der Waals surface area contributed by atoms with Crippen LogP contribution in [0.1, 0.15) is 36.3 Å². The molecule has 2 aromatic carbocycles. The molecule has 5 heteroatoms. The van der Waals surface area contributed by atoms with Crippen molar-refractivity contribution in [1.82, 2.24) is 10.2 Å². The van der Waals surface area contributed by atoms with E-state index in [9.17, 15) is 4.79 Å². The normalized spacial score (nSPS) is 13.4. The van der Waals surface area contributed by atoms with Crippen LogP contribution < -0.4 is 10.6 Å². The third-order valence-corrected chi connectivity index (χ3v) is 4.65. The van der Waals surface area contributed by atoms with Gasteiger partial charge >= 0.3 is 0 Å². The lowest BCUT2D eigenvalue weighted by Crippen LogP contribution is -2.17. The highest BCUT2D eigenvalue weighted by molar-refractivity contribution is 5.90. The minimum Gasteiger partial charge on any atom is -0.366 e. The fraction of sp³-hybridized carbons (Fsp3) is 0.227. The fourth-order valence-electron chi connectivity index (χ4n) is 3.09. The van der Waals surface area contributed by atoms with Gasteiger partial charge < -0.3 is 10.6 Å². The number of nitrogens with one attached hydrogen (secondary N) is 2. The van der Waals surface area contributed by atoms with Crippen molar-refractivity contribution in [3.8, 4) is 0 Å². The second kappa shape index (κ2) is 7.99. The summed E-state index contributed by atoms with van der Waals surface area (Å²) in [6, 6.07) is 24.4. The molecule has 2 N–H and O–H groups in total. The topological polar surface area (TPSA) is 66.9 Å². The van der Waals surface area contributed by atoms with Gasteiger partial charge in [0.2, 0.25) is 5.91 Å². The number of anilines is 2. The zero-order valence-corrected chi connectivity index (χ0v) is 15.0. The highest BCUT2D eigenvalue weighted by Crippen LogP contribution is 2.28. The van der Waals surface area contributed by atoms with Crippen molar-refractivity contribution < 1.29 is 4.79 Å². The first kappa shape index (κ1) is 17.2. The molecular weight excluding hydrogens is 336 g/mol. The average Bonchev–Trinajstić information content (AvgIpc) is 3.53. The molecule has 0 unspecified atom stereocenters. The maximum atomic E-state index is 12.6. The van der Waals surface area contributed by atoms with Crippen LogP contribution in [0.5, 0.6) is 0 Å². The van der Waals surface area contributed by atoms with E-state index in [1.807, 2.05) is 42.5 Å². The molecule has 0 radical (unpaired) electrons. The van der Waals surface area contributed by atoms with Gasteiger partial charge in [-0.25, -0.2) is 0 Å². The number of hydrogen-bond donors (Lipinski definition) is 2. The summed E-state index contributed by atoms with van der Waals surface area (Å²) in [5.41, 5.74) is 2.24. The first-order chi connectivity index (χ1) is 13.3. The summed E-state index contributed by atoms with van der Waals surface area (Å²) in [5.74, 6) is 1.14. The Morgan fingerprint density at radius 3 is 1.93 bits per heavy atom. The summed E-state index contributed by atoms with van der Waals surface area (Å²) >= 11 is 0. The van der Waals surface area contributed by atoms with Gasteiger partial charge in [-0.05, 0) is 36.1 Å². The largest absolute Gasteiger partial charge is 0.366 e. The Morgan fingerprint density at radius 1 is 0.852 bits per heavy atom. The van der Waals surface area contributed by atoms with Gasteiger partial charge in [-0.1, -0.05) is 60.7 Å². The van der Waals surface area contributed by atoms with Crippen molar-refractivity contribution in [1.29, 1.82) is 0 Å². The molecule has 1 heterocycles. The van der Waals surface area contributed by atoms with Crippen LogP contribution in [0.2, 0.25) is 0 Å². The molecule has 3 aromatic rings. The van der Waals surface area contributed by atoms with Gasteiger partial charge in [0.1, 0.15) is 5.82 Å². The molecule has 0 atom stereocenters. The van der Waals surface area contributed by atoms with Crippen molar-refractivity contribution >= 4 is 17.5 Å². The molecule has 1 aromatic heterocycles. The molecule has 0 saturated heterocycles. The van der Waals surface area contributed by atoms with E-state index < -0.39 is 0 Å². The van der Waals surface area contributed by atoms with Crippen LogP contribution >= 0.6 is 0 Å². The maximum absolute atomic E-state index is 12.6. The van der Waals surface area contributed by atoms with Gasteiger partial charge in [0.15, 0.2) is 5.82 Å². The molecule has 1 fully saturated rings. The van der Waals surface area contributed by atoms with Gasteiger partial charge in [0.25, 0.3) is 0 Å². The number of carbonyl (C=O) groups is 1. The zero-order valence-electron chi connectivity index (χ0n) is 15.0. The molecule has 1 amide bonds. The Labute approximate surface area is 158 Å². The molecule has 0 bridgehead atoms. The molecule has 5 nitrogen and oxygen atoms in total. The van der Waals surface area contributed by atoms with E-state index in [1.54, 1.807) is 6.07 Å². The van der Waals surface area contributed by atoms with Gasteiger partial charge in [0.05, 0.1) is 0 Å². The van der Waals surface area contributed by atoms with Gasteiger partial charge in [-0.3, -0.25) is 4.79 Å². The van der Waals surface area contributed by atoms with Gasteiger partial charge in [-0.2, -0.15) is 0 Å². The van der Waals surface area contributed by atoms with E-state index in [-0.39, 0.29) is 11.8 Å². The van der Waals surface area contributed by atoms with Crippen molar-refractivity contribution in [2.45, 2.75) is 31.2 Å². The summed E-state index contributed by atoms with van der Waals surface area (Å²) in [7, 11) is 0. The molecule has 0 aliphatic heterocycles. The molecule has 27 heavy (non-hydrogen) atoms. The molecule has 1 saturated carbocycles. The van der Waals surface area contributed by atoms with Crippen LogP contribution in [-0.4, -0.2) is 22.1 Å². The summed E-state index contributed by atoms with van der Waals surface area (Å²) in [6.45, 7) is 0. The smallest absolute Gasteiger partial charge is 0.226 e. The van der Waals surface area contributed by atoms with E-state index >= 15 is 0 Å². The number of carbonyl (C=O) groups excluding carboxylic acids is 1. The molecule has 0 spiro atoms. The molecule has 4 rings (SSSR count). The summed E-state index contributed by atoms with van der Waals surface area (Å²) in [6.07, 6.45) is 2.71. The van der Waals surface area contributed by atoms with Crippen molar-refractivity contribution in [2.75, 3.05) is 10.6 Å². The van der Waals surface area contributed by atoms with Crippen molar-refractivity contribution in [3.05, 3.63) is 83.9 Å². The number of rotatable bonds is 7. The number of aromatic nitrogens is 2. The number of hydrogen-bond acceptors (Lipinski definition) is 4. The van der Waals surface area contributed by atoms with E-state index in [4.69, 9.17) is 0 Å². The summed E-state index contributed by atoms with van der Waals surface area (Å²) in [5, 5.41) is 14.4. The third kappa shape index (κ3) is 4.70. The quantitative estimate of drug-likeness (QED) is 0.664. The summed E-state index contributed by atoms with van der Waals surface area (Å²) in [4.78, 5) is 12.6. The van der Waals surface area contributed by atoms with E-state index in [0.29, 0.717) is 18.3 Å². The Bertz CT molecular complexity index is 838. The Hall–Kier alpha value is -3.21. The fourth-order valence-corrected chi connectivity index (χ4v) is 3.09. The standard InChI is InChI=1S/C22H22N4O/c27-22(24-21-14-13-20(25-26-21)23-18-11-12-18)15-19(16-7-3-1-4-8-16)17-9-5-2-6-10-17/h1-10,13-14,18-19H,11-12,15H2,(H,23,25)(H,24,26,27). The lowest BCUT2D eigenvalue weighted by atomic mass is 9.88. The monoisotopic (exact) mass is 358 g/mol.